The molecule has 3 amide bonds. The lowest BCUT2D eigenvalue weighted by Gasteiger charge is -2.19. The van der Waals surface area contributed by atoms with Crippen LogP contribution in [0.5, 0.6) is 0 Å². The van der Waals surface area contributed by atoms with Gasteiger partial charge in [-0.1, -0.05) is 6.07 Å². The van der Waals surface area contributed by atoms with Crippen LogP contribution in [0.3, 0.4) is 0 Å². The molecule has 27 heavy (non-hydrogen) atoms. The van der Waals surface area contributed by atoms with Crippen molar-refractivity contribution in [3.63, 3.8) is 0 Å². The Balaban J connectivity index is 1.48. The van der Waals surface area contributed by atoms with Gasteiger partial charge >= 0.3 is 0 Å². The second-order valence-electron chi connectivity index (χ2n) is 6.99. The Morgan fingerprint density at radius 2 is 1.96 bits per heavy atom. The summed E-state index contributed by atoms with van der Waals surface area (Å²) < 4.78 is 0. The van der Waals surface area contributed by atoms with E-state index >= 15 is 0 Å². The van der Waals surface area contributed by atoms with Gasteiger partial charge in [-0.05, 0) is 50.5 Å². The number of carbonyl (C=O) groups excluding carboxylic acids is 3. The Kier molecular flexibility index (Phi) is 5.39. The van der Waals surface area contributed by atoms with Gasteiger partial charge in [0.2, 0.25) is 11.8 Å². The van der Waals surface area contributed by atoms with Crippen LogP contribution in [0, 0.1) is 5.41 Å². The van der Waals surface area contributed by atoms with Crippen LogP contribution in [0.4, 0.5) is 0 Å². The number of carbonyl (C=O) groups is 3. The molecule has 3 rings (SSSR count). The van der Waals surface area contributed by atoms with E-state index in [1.807, 2.05) is 31.2 Å². The average Bonchev–Trinajstić information content (AvgIpc) is 3.49. The highest BCUT2D eigenvalue weighted by molar-refractivity contribution is 6.07. The third-order valence-corrected chi connectivity index (χ3v) is 4.95. The molecule has 0 aliphatic heterocycles. The van der Waals surface area contributed by atoms with E-state index < -0.39 is 5.41 Å². The van der Waals surface area contributed by atoms with Gasteiger partial charge in [0.1, 0.15) is 5.41 Å². The molecule has 7 nitrogen and oxygen atoms in total. The third-order valence-electron chi connectivity index (χ3n) is 4.95. The normalized spacial score (nSPS) is 15.6. The largest absolute Gasteiger partial charge is 0.358 e. The number of fused-ring (bicyclic) bond motifs is 1. The van der Waals surface area contributed by atoms with Crippen molar-refractivity contribution < 1.29 is 14.4 Å². The molecule has 0 saturated heterocycles. The number of amides is 3. The number of aromatic nitrogens is 1. The van der Waals surface area contributed by atoms with Crippen molar-refractivity contribution in [2.75, 3.05) is 13.6 Å². The predicted octanol–water partition coefficient (Wildman–Crippen LogP) is 1.39. The second kappa shape index (κ2) is 7.73. The zero-order valence-corrected chi connectivity index (χ0v) is 15.5. The minimum Gasteiger partial charge on any atom is -0.358 e. The molecule has 0 radical (unpaired) electrons. The van der Waals surface area contributed by atoms with E-state index in [4.69, 9.17) is 0 Å². The third kappa shape index (κ3) is 4.07. The lowest BCUT2D eigenvalue weighted by Crippen LogP contribution is -2.45. The number of nitrogens with zero attached hydrogens (tertiary/aromatic N) is 1. The van der Waals surface area contributed by atoms with Gasteiger partial charge in [-0.3, -0.25) is 19.4 Å². The zero-order chi connectivity index (χ0) is 19.4. The molecule has 7 heteroatoms. The highest BCUT2D eigenvalue weighted by Crippen LogP contribution is 2.46. The molecular formula is C20H24N4O3. The van der Waals surface area contributed by atoms with Gasteiger partial charge in [-0.15, -0.1) is 0 Å². The van der Waals surface area contributed by atoms with E-state index in [1.54, 1.807) is 12.3 Å². The van der Waals surface area contributed by atoms with Crippen LogP contribution in [-0.4, -0.2) is 42.3 Å². The van der Waals surface area contributed by atoms with Gasteiger partial charge in [0, 0.05) is 36.8 Å². The number of rotatable bonds is 7. The average molecular weight is 368 g/mol. The monoisotopic (exact) mass is 368 g/mol. The summed E-state index contributed by atoms with van der Waals surface area (Å²) in [6.45, 7) is 2.30. The first-order valence-electron chi connectivity index (χ1n) is 9.12. The summed E-state index contributed by atoms with van der Waals surface area (Å²) in [6, 6.07) is 8.98. The highest BCUT2D eigenvalue weighted by Gasteiger charge is 2.56. The summed E-state index contributed by atoms with van der Waals surface area (Å²) in [5.74, 6) is -0.627. The SMILES string of the molecule is CNC(=O)C1(C(=O)N[C@@H](C)CCNC(=O)c2ccc3ncccc3c2)CC1. The Morgan fingerprint density at radius 3 is 2.67 bits per heavy atom. The fourth-order valence-corrected chi connectivity index (χ4v) is 3.08. The molecular weight excluding hydrogens is 344 g/mol. The summed E-state index contributed by atoms with van der Waals surface area (Å²) in [6.07, 6.45) is 3.46. The van der Waals surface area contributed by atoms with Crippen molar-refractivity contribution in [2.24, 2.45) is 5.41 Å². The summed E-state index contributed by atoms with van der Waals surface area (Å²) in [5, 5.41) is 9.20. The summed E-state index contributed by atoms with van der Waals surface area (Å²) in [4.78, 5) is 40.7. The van der Waals surface area contributed by atoms with E-state index in [9.17, 15) is 14.4 Å². The van der Waals surface area contributed by atoms with E-state index in [0.29, 0.717) is 31.4 Å². The van der Waals surface area contributed by atoms with Crippen molar-refractivity contribution >= 4 is 28.6 Å². The Hall–Kier alpha value is -2.96. The maximum absolute atomic E-state index is 12.3. The molecule has 1 heterocycles. The van der Waals surface area contributed by atoms with Gasteiger partial charge in [0.15, 0.2) is 0 Å². The van der Waals surface area contributed by atoms with Crippen molar-refractivity contribution in [2.45, 2.75) is 32.2 Å². The highest BCUT2D eigenvalue weighted by atomic mass is 16.2. The zero-order valence-electron chi connectivity index (χ0n) is 15.5. The van der Waals surface area contributed by atoms with E-state index in [1.165, 1.54) is 7.05 Å². The van der Waals surface area contributed by atoms with Crippen LogP contribution in [0.2, 0.25) is 0 Å². The summed E-state index contributed by atoms with van der Waals surface area (Å²) >= 11 is 0. The van der Waals surface area contributed by atoms with E-state index in [-0.39, 0.29) is 23.8 Å². The predicted molar refractivity (Wildman–Crippen MR) is 102 cm³/mol. The number of benzene rings is 1. The molecule has 1 atom stereocenters. The van der Waals surface area contributed by atoms with Crippen LogP contribution in [0.1, 0.15) is 36.5 Å². The van der Waals surface area contributed by atoms with Gasteiger partial charge in [-0.25, -0.2) is 0 Å². The molecule has 1 aromatic carbocycles. The molecule has 0 bridgehead atoms. The maximum atomic E-state index is 12.3. The first kappa shape index (κ1) is 18.8. The van der Waals surface area contributed by atoms with Crippen LogP contribution < -0.4 is 16.0 Å². The fourth-order valence-electron chi connectivity index (χ4n) is 3.08. The number of hydrogen-bond acceptors (Lipinski definition) is 4. The molecule has 1 aliphatic rings. The molecule has 142 valence electrons. The molecule has 3 N–H and O–H groups in total. The van der Waals surface area contributed by atoms with E-state index in [2.05, 4.69) is 20.9 Å². The standard InChI is InChI=1S/C20H24N4O3/c1-13(24-19(27)20(8-9-20)18(26)21-2)7-11-23-17(25)15-5-6-16-14(12-15)4-3-10-22-16/h3-6,10,12-13H,7-9,11H2,1-2H3,(H,21,26)(H,23,25)(H,24,27)/t13-/m0/s1. The molecule has 1 aliphatic carbocycles. The van der Waals surface area contributed by atoms with Gasteiger partial charge < -0.3 is 16.0 Å². The number of hydrogen-bond donors (Lipinski definition) is 3. The van der Waals surface area contributed by atoms with Gasteiger partial charge in [-0.2, -0.15) is 0 Å². The molecule has 2 aromatic rings. The van der Waals surface area contributed by atoms with Gasteiger partial charge in [0.25, 0.3) is 5.91 Å². The Labute approximate surface area is 157 Å². The quantitative estimate of drug-likeness (QED) is 0.643. The second-order valence-corrected chi connectivity index (χ2v) is 6.99. The van der Waals surface area contributed by atoms with Crippen LogP contribution >= 0.6 is 0 Å². The molecule has 1 fully saturated rings. The first-order valence-corrected chi connectivity index (χ1v) is 9.12. The summed E-state index contributed by atoms with van der Waals surface area (Å²) in [7, 11) is 1.54. The van der Waals surface area contributed by atoms with Crippen molar-refractivity contribution in [1.82, 2.24) is 20.9 Å². The van der Waals surface area contributed by atoms with Crippen LogP contribution in [-0.2, 0) is 9.59 Å². The number of nitrogens with one attached hydrogen (secondary N) is 3. The topological polar surface area (TPSA) is 100 Å². The van der Waals surface area contributed by atoms with Gasteiger partial charge in [0.05, 0.1) is 5.52 Å². The lowest BCUT2D eigenvalue weighted by molar-refractivity contribution is -0.137. The lowest BCUT2D eigenvalue weighted by atomic mass is 10.0. The fraction of sp³-hybridized carbons (Fsp3) is 0.400. The van der Waals surface area contributed by atoms with Crippen molar-refractivity contribution in [3.05, 3.63) is 42.1 Å². The Bertz CT molecular complexity index is 876. The number of pyridine rings is 1. The molecule has 1 saturated carbocycles. The molecule has 1 aromatic heterocycles. The van der Waals surface area contributed by atoms with Crippen LogP contribution in [0.25, 0.3) is 10.9 Å². The summed E-state index contributed by atoms with van der Waals surface area (Å²) in [5.41, 5.74) is 0.519. The minimum atomic E-state index is -0.897. The van der Waals surface area contributed by atoms with E-state index in [0.717, 1.165) is 10.9 Å². The van der Waals surface area contributed by atoms with Crippen molar-refractivity contribution in [1.29, 1.82) is 0 Å². The minimum absolute atomic E-state index is 0.138. The van der Waals surface area contributed by atoms with Crippen molar-refractivity contribution in [3.8, 4) is 0 Å². The molecule has 0 spiro atoms. The smallest absolute Gasteiger partial charge is 0.251 e. The van der Waals surface area contributed by atoms with Crippen LogP contribution in [0.15, 0.2) is 36.5 Å². The Morgan fingerprint density at radius 1 is 1.19 bits per heavy atom. The maximum Gasteiger partial charge on any atom is 0.251 e. The molecule has 0 unspecified atom stereocenters. The first-order chi connectivity index (χ1) is 13.0.